The standard InChI is InChI=1S/C13H21F4NO3/c1-9-6-18(12(2,3)7-21-9)10(19)4-5-20-8-13(16,17)11(14)15/h9,11H,4-8H2,1-3H3/t9-/m0/s1. The molecule has 1 aliphatic rings. The van der Waals surface area contributed by atoms with Crippen LogP contribution in [0.15, 0.2) is 0 Å². The van der Waals surface area contributed by atoms with Gasteiger partial charge in [-0.05, 0) is 20.8 Å². The molecule has 0 saturated carbocycles. The molecular weight excluding hydrogens is 294 g/mol. The van der Waals surface area contributed by atoms with Crippen LogP contribution >= 0.6 is 0 Å². The number of nitrogens with zero attached hydrogens (tertiary/aromatic N) is 1. The van der Waals surface area contributed by atoms with Crippen molar-refractivity contribution in [1.82, 2.24) is 4.90 Å². The van der Waals surface area contributed by atoms with E-state index in [1.807, 2.05) is 20.8 Å². The molecule has 0 bridgehead atoms. The van der Waals surface area contributed by atoms with E-state index in [4.69, 9.17) is 4.74 Å². The molecule has 0 aromatic rings. The van der Waals surface area contributed by atoms with Crippen LogP contribution in [0.5, 0.6) is 0 Å². The minimum Gasteiger partial charge on any atom is -0.374 e. The van der Waals surface area contributed by atoms with Gasteiger partial charge in [0.25, 0.3) is 0 Å². The average Bonchev–Trinajstić information content (AvgIpc) is 2.37. The summed E-state index contributed by atoms with van der Waals surface area (Å²) in [6.45, 7) is 4.58. The molecule has 0 unspecified atom stereocenters. The number of hydrogen-bond donors (Lipinski definition) is 0. The summed E-state index contributed by atoms with van der Waals surface area (Å²) in [5.74, 6) is -4.45. The second-order valence-electron chi connectivity index (χ2n) is 5.80. The van der Waals surface area contributed by atoms with Crippen molar-refractivity contribution in [1.29, 1.82) is 0 Å². The number of morpholine rings is 1. The Kier molecular flexibility index (Phi) is 5.98. The van der Waals surface area contributed by atoms with Crippen molar-refractivity contribution in [2.45, 2.75) is 51.2 Å². The Bertz CT molecular complexity index is 363. The molecule has 1 saturated heterocycles. The van der Waals surface area contributed by atoms with Crippen LogP contribution < -0.4 is 0 Å². The summed E-state index contributed by atoms with van der Waals surface area (Å²) >= 11 is 0. The largest absolute Gasteiger partial charge is 0.374 e. The fourth-order valence-corrected chi connectivity index (χ4v) is 1.99. The first-order valence-corrected chi connectivity index (χ1v) is 6.72. The third-order valence-corrected chi connectivity index (χ3v) is 3.27. The van der Waals surface area contributed by atoms with Crippen LogP contribution in [0.4, 0.5) is 17.6 Å². The number of carbonyl (C=O) groups excluding carboxylic acids is 1. The maximum absolute atomic E-state index is 12.6. The van der Waals surface area contributed by atoms with E-state index in [2.05, 4.69) is 4.74 Å². The van der Waals surface area contributed by atoms with Crippen LogP contribution in [0.25, 0.3) is 0 Å². The third-order valence-electron chi connectivity index (χ3n) is 3.27. The molecule has 1 aliphatic heterocycles. The van der Waals surface area contributed by atoms with Crippen molar-refractivity contribution in [3.05, 3.63) is 0 Å². The van der Waals surface area contributed by atoms with Gasteiger partial charge < -0.3 is 14.4 Å². The monoisotopic (exact) mass is 315 g/mol. The molecule has 0 aromatic heterocycles. The van der Waals surface area contributed by atoms with Crippen LogP contribution in [0, 0.1) is 0 Å². The predicted octanol–water partition coefficient (Wildman–Crippen LogP) is 2.32. The van der Waals surface area contributed by atoms with E-state index in [0.717, 1.165) is 0 Å². The van der Waals surface area contributed by atoms with E-state index in [1.54, 1.807) is 4.90 Å². The fraction of sp³-hybridized carbons (Fsp3) is 0.923. The SMILES string of the molecule is C[C@H]1CN(C(=O)CCOCC(F)(F)C(F)F)C(C)(C)CO1. The Labute approximate surface area is 121 Å². The van der Waals surface area contributed by atoms with Crippen molar-refractivity contribution in [2.24, 2.45) is 0 Å². The van der Waals surface area contributed by atoms with Crippen LogP contribution in [-0.4, -0.2) is 61.2 Å². The molecule has 1 atom stereocenters. The van der Waals surface area contributed by atoms with Crippen molar-refractivity contribution in [2.75, 3.05) is 26.4 Å². The molecular formula is C13H21F4NO3. The lowest BCUT2D eigenvalue weighted by molar-refractivity contribution is -0.169. The van der Waals surface area contributed by atoms with Crippen molar-refractivity contribution in [3.8, 4) is 0 Å². The summed E-state index contributed by atoms with van der Waals surface area (Å²) in [5.41, 5.74) is -0.490. The highest BCUT2D eigenvalue weighted by atomic mass is 19.3. The maximum atomic E-state index is 12.6. The highest BCUT2D eigenvalue weighted by Gasteiger charge is 2.41. The molecule has 0 spiro atoms. The Morgan fingerprint density at radius 1 is 1.48 bits per heavy atom. The normalized spacial score (nSPS) is 22.7. The van der Waals surface area contributed by atoms with Gasteiger partial charge in [0.2, 0.25) is 5.91 Å². The quantitative estimate of drug-likeness (QED) is 0.558. The van der Waals surface area contributed by atoms with Crippen molar-refractivity contribution >= 4 is 5.91 Å². The van der Waals surface area contributed by atoms with Gasteiger partial charge in [-0.1, -0.05) is 0 Å². The molecule has 21 heavy (non-hydrogen) atoms. The Morgan fingerprint density at radius 3 is 2.67 bits per heavy atom. The number of carbonyl (C=O) groups is 1. The first-order valence-electron chi connectivity index (χ1n) is 6.72. The van der Waals surface area contributed by atoms with Crippen LogP contribution in [0.2, 0.25) is 0 Å². The summed E-state index contributed by atoms with van der Waals surface area (Å²) in [6, 6.07) is 0. The van der Waals surface area contributed by atoms with E-state index in [0.29, 0.717) is 13.2 Å². The number of halogens is 4. The summed E-state index contributed by atoms with van der Waals surface area (Å²) < 4.78 is 59.0. The lowest BCUT2D eigenvalue weighted by Crippen LogP contribution is -2.57. The molecule has 1 fully saturated rings. The van der Waals surface area contributed by atoms with E-state index in [9.17, 15) is 22.4 Å². The number of rotatable bonds is 6. The zero-order valence-corrected chi connectivity index (χ0v) is 12.4. The smallest absolute Gasteiger partial charge is 0.330 e. The summed E-state index contributed by atoms with van der Waals surface area (Å²) in [7, 11) is 0. The third kappa shape index (κ3) is 5.10. The van der Waals surface area contributed by atoms with Crippen molar-refractivity contribution < 1.29 is 31.8 Å². The second kappa shape index (κ2) is 6.91. The van der Waals surface area contributed by atoms with Crippen LogP contribution in [0.1, 0.15) is 27.2 Å². The number of hydrogen-bond acceptors (Lipinski definition) is 3. The Balaban J connectivity index is 2.40. The zero-order chi connectivity index (χ0) is 16.3. The molecule has 1 amide bonds. The molecule has 4 nitrogen and oxygen atoms in total. The van der Waals surface area contributed by atoms with Crippen molar-refractivity contribution in [3.63, 3.8) is 0 Å². The fourth-order valence-electron chi connectivity index (χ4n) is 1.99. The molecule has 0 N–H and O–H groups in total. The van der Waals surface area contributed by atoms with Gasteiger partial charge in [-0.15, -0.1) is 0 Å². The van der Waals surface area contributed by atoms with Gasteiger partial charge in [0.15, 0.2) is 0 Å². The number of amides is 1. The predicted molar refractivity (Wildman–Crippen MR) is 67.6 cm³/mol. The van der Waals surface area contributed by atoms with E-state index in [-0.39, 0.29) is 25.0 Å². The van der Waals surface area contributed by atoms with Crippen LogP contribution in [0.3, 0.4) is 0 Å². The van der Waals surface area contributed by atoms with Gasteiger partial charge in [-0.3, -0.25) is 4.79 Å². The van der Waals surface area contributed by atoms with Gasteiger partial charge in [-0.25, -0.2) is 8.78 Å². The minimum atomic E-state index is -4.18. The van der Waals surface area contributed by atoms with Crippen LogP contribution in [-0.2, 0) is 14.3 Å². The molecule has 8 heteroatoms. The van der Waals surface area contributed by atoms with E-state index in [1.165, 1.54) is 0 Å². The van der Waals surface area contributed by atoms with Gasteiger partial charge in [0, 0.05) is 6.54 Å². The van der Waals surface area contributed by atoms with Gasteiger partial charge >= 0.3 is 12.3 Å². The molecule has 0 aromatic carbocycles. The number of ether oxygens (including phenoxy) is 2. The second-order valence-corrected chi connectivity index (χ2v) is 5.80. The molecule has 1 rings (SSSR count). The molecule has 0 aliphatic carbocycles. The molecule has 1 heterocycles. The first kappa shape index (κ1) is 18.2. The summed E-state index contributed by atoms with van der Waals surface area (Å²) in [6.07, 6.45) is -4.01. The Hall–Kier alpha value is -0.890. The zero-order valence-electron chi connectivity index (χ0n) is 12.4. The van der Waals surface area contributed by atoms with E-state index < -0.39 is 24.5 Å². The summed E-state index contributed by atoms with van der Waals surface area (Å²) in [4.78, 5) is 13.7. The highest BCUT2D eigenvalue weighted by Crippen LogP contribution is 2.24. The molecule has 0 radical (unpaired) electrons. The summed E-state index contributed by atoms with van der Waals surface area (Å²) in [5, 5.41) is 0. The van der Waals surface area contributed by atoms with E-state index >= 15 is 0 Å². The topological polar surface area (TPSA) is 38.8 Å². The number of alkyl halides is 4. The highest BCUT2D eigenvalue weighted by molar-refractivity contribution is 5.77. The lowest BCUT2D eigenvalue weighted by atomic mass is 10.0. The minimum absolute atomic E-state index is 0.105. The Morgan fingerprint density at radius 2 is 2.10 bits per heavy atom. The maximum Gasteiger partial charge on any atom is 0.330 e. The average molecular weight is 315 g/mol. The van der Waals surface area contributed by atoms with Gasteiger partial charge in [0.1, 0.15) is 6.61 Å². The van der Waals surface area contributed by atoms with Gasteiger partial charge in [-0.2, -0.15) is 8.78 Å². The molecule has 124 valence electrons. The van der Waals surface area contributed by atoms with Gasteiger partial charge in [0.05, 0.1) is 31.3 Å². The lowest BCUT2D eigenvalue weighted by Gasteiger charge is -2.44. The first-order chi connectivity index (χ1) is 9.56.